The Balaban J connectivity index is 1.68. The van der Waals surface area contributed by atoms with Crippen molar-refractivity contribution < 1.29 is 31.9 Å². The van der Waals surface area contributed by atoms with Gasteiger partial charge in [-0.05, 0) is 61.7 Å². The molecule has 1 aromatic heterocycles. The quantitative estimate of drug-likeness (QED) is 0.106. The molecular formula is C30H30ClF4N7O3. The smallest absolute Gasteiger partial charge is 0.393 e. The van der Waals surface area contributed by atoms with Crippen LogP contribution in [0, 0.1) is 11.7 Å². The summed E-state index contributed by atoms with van der Waals surface area (Å²) in [6, 6.07) is 10.8. The lowest BCUT2D eigenvalue weighted by atomic mass is 9.95. The number of hydrogen-bond acceptors (Lipinski definition) is 7. The van der Waals surface area contributed by atoms with E-state index in [-0.39, 0.29) is 39.4 Å². The van der Waals surface area contributed by atoms with Crippen LogP contribution in [0.1, 0.15) is 44.8 Å². The number of nitrogens with one attached hydrogen (secondary N) is 3. The molecule has 238 valence electrons. The number of carbonyl (C=O) groups excluding carboxylic acids is 3. The van der Waals surface area contributed by atoms with Gasteiger partial charge in [0.1, 0.15) is 5.70 Å². The molecule has 2 heterocycles. The van der Waals surface area contributed by atoms with Crippen LogP contribution in [-0.2, 0) is 14.4 Å². The van der Waals surface area contributed by atoms with E-state index in [1.807, 2.05) is 0 Å². The number of hydrogen-bond donors (Lipinski definition) is 5. The summed E-state index contributed by atoms with van der Waals surface area (Å²) in [5.74, 6) is 1.52. The van der Waals surface area contributed by atoms with Gasteiger partial charge in [-0.15, -0.1) is 0 Å². The largest absolute Gasteiger partial charge is 0.471 e. The van der Waals surface area contributed by atoms with E-state index in [9.17, 15) is 31.9 Å². The van der Waals surface area contributed by atoms with E-state index in [0.717, 1.165) is 5.01 Å². The van der Waals surface area contributed by atoms with E-state index < -0.39 is 35.8 Å². The van der Waals surface area contributed by atoms with Crippen LogP contribution in [0.5, 0.6) is 0 Å². The number of allylic oxidation sites excluding steroid dienone is 1. The molecule has 1 aliphatic rings. The molecule has 4 rings (SSSR count). The number of pyridine rings is 1. The second-order valence-corrected chi connectivity index (χ2v) is 10.9. The van der Waals surface area contributed by atoms with Crippen molar-refractivity contribution in [2.24, 2.45) is 17.5 Å². The van der Waals surface area contributed by atoms with Crippen molar-refractivity contribution in [1.82, 2.24) is 10.3 Å². The first-order chi connectivity index (χ1) is 21.2. The van der Waals surface area contributed by atoms with Gasteiger partial charge in [-0.25, -0.2) is 10.2 Å². The first-order valence-corrected chi connectivity index (χ1v) is 14.1. The number of amides is 3. The summed E-state index contributed by atoms with van der Waals surface area (Å²) in [6.07, 6.45) is -2.38. The van der Waals surface area contributed by atoms with Crippen LogP contribution in [0.25, 0.3) is 11.1 Å². The van der Waals surface area contributed by atoms with Gasteiger partial charge in [0, 0.05) is 23.4 Å². The summed E-state index contributed by atoms with van der Waals surface area (Å²) in [6.45, 7) is 3.13. The number of halogens is 5. The van der Waals surface area contributed by atoms with Gasteiger partial charge in [0.05, 0.1) is 33.8 Å². The van der Waals surface area contributed by atoms with E-state index in [1.165, 1.54) is 49.5 Å². The van der Waals surface area contributed by atoms with Gasteiger partial charge < -0.3 is 21.7 Å². The average Bonchev–Trinajstić information content (AvgIpc) is 2.99. The zero-order chi connectivity index (χ0) is 33.1. The third-order valence-corrected chi connectivity index (χ3v) is 7.60. The highest BCUT2D eigenvalue weighted by Gasteiger charge is 2.38. The molecule has 0 aliphatic carbocycles. The molecule has 0 saturated carbocycles. The van der Waals surface area contributed by atoms with Gasteiger partial charge in [0.2, 0.25) is 5.91 Å². The van der Waals surface area contributed by atoms with Crippen molar-refractivity contribution >= 4 is 46.4 Å². The highest BCUT2D eigenvalue weighted by Crippen LogP contribution is 2.34. The molecule has 1 aliphatic heterocycles. The number of rotatable bonds is 5. The van der Waals surface area contributed by atoms with Crippen molar-refractivity contribution in [2.45, 2.75) is 45.3 Å². The fourth-order valence-corrected chi connectivity index (χ4v) is 4.85. The van der Waals surface area contributed by atoms with Crippen molar-refractivity contribution in [3.05, 3.63) is 82.7 Å². The number of fused-ring (bicyclic) bond motifs is 4. The first kappa shape index (κ1) is 33.2. The van der Waals surface area contributed by atoms with Crippen LogP contribution >= 0.6 is 11.6 Å². The number of aromatic nitrogens is 1. The Hall–Kier alpha value is -4.69. The maximum Gasteiger partial charge on any atom is 0.471 e. The molecule has 0 radical (unpaired) electrons. The molecule has 3 aromatic rings. The average molecular weight is 648 g/mol. The molecule has 10 nitrogen and oxygen atoms in total. The first-order valence-electron chi connectivity index (χ1n) is 13.7. The molecule has 2 unspecified atom stereocenters. The zero-order valence-electron chi connectivity index (χ0n) is 24.1. The van der Waals surface area contributed by atoms with Gasteiger partial charge in [-0.1, -0.05) is 37.1 Å². The van der Waals surface area contributed by atoms with E-state index in [0.29, 0.717) is 36.1 Å². The maximum atomic E-state index is 14.6. The third-order valence-electron chi connectivity index (χ3n) is 7.31. The predicted molar refractivity (Wildman–Crippen MR) is 162 cm³/mol. The number of nitrogens with two attached hydrogens (primary N) is 2. The second kappa shape index (κ2) is 13.5. The van der Waals surface area contributed by atoms with Crippen molar-refractivity contribution in [3.63, 3.8) is 0 Å². The molecule has 0 saturated heterocycles. The zero-order valence-corrected chi connectivity index (χ0v) is 24.9. The number of nitrogens with zero attached hydrogens (tertiary/aromatic N) is 2. The lowest BCUT2D eigenvalue weighted by Gasteiger charge is -2.24. The minimum atomic E-state index is -5.10. The molecule has 0 fully saturated rings. The number of anilines is 3. The van der Waals surface area contributed by atoms with Crippen LogP contribution in [-0.4, -0.2) is 28.9 Å². The number of hydrazine groups is 1. The fourth-order valence-electron chi connectivity index (χ4n) is 4.68. The number of benzene rings is 2. The maximum absolute atomic E-state index is 14.6. The van der Waals surface area contributed by atoms with Crippen molar-refractivity contribution in [2.75, 3.05) is 15.6 Å². The highest BCUT2D eigenvalue weighted by molar-refractivity contribution is 6.31. The molecule has 0 spiro atoms. The van der Waals surface area contributed by atoms with E-state index in [4.69, 9.17) is 23.2 Å². The minimum absolute atomic E-state index is 0.0520. The van der Waals surface area contributed by atoms with Crippen molar-refractivity contribution in [3.8, 4) is 11.1 Å². The van der Waals surface area contributed by atoms with Gasteiger partial charge >= 0.3 is 12.1 Å². The summed E-state index contributed by atoms with van der Waals surface area (Å²) in [5, 5.41) is 8.15. The van der Waals surface area contributed by atoms with Crippen molar-refractivity contribution in [1.29, 1.82) is 0 Å². The summed E-state index contributed by atoms with van der Waals surface area (Å²) >= 11 is 5.86. The molecular weight excluding hydrogens is 618 g/mol. The minimum Gasteiger partial charge on any atom is -0.393 e. The van der Waals surface area contributed by atoms with Crippen LogP contribution in [0.15, 0.2) is 66.1 Å². The summed E-state index contributed by atoms with van der Waals surface area (Å²) in [4.78, 5) is 42.3. The Morgan fingerprint density at radius 1 is 1.13 bits per heavy atom. The number of alkyl halides is 3. The van der Waals surface area contributed by atoms with E-state index in [2.05, 4.69) is 15.6 Å². The standard InChI is InChI=1S/C30H30ClF4N7O3/c1-15-5-3-7-21(40-28(44)26(36)16(2)42(37)24-8-4-6-20(31)25(24)32)23-13-17(11-12-38-23)19-10-9-18(14-22(19)41-27(15)43)39-29(45)30(33,34)35/h4,6,8-15,21H,3,5,7,36-37H2,1-2H3,(H,39,45)(H,40,44)(H,41,43)/b26-16-. The SMILES string of the molecule is C/C(=C(/N)C(=O)NC1CCCC(C)C(=O)Nc2cc(NC(=O)C(F)(F)F)ccc2-c2ccnc1c2)N(N)c1cccc(Cl)c1F. The molecule has 3 amide bonds. The topological polar surface area (TPSA) is 155 Å². The second-order valence-electron chi connectivity index (χ2n) is 10.5. The summed E-state index contributed by atoms with van der Waals surface area (Å²) < 4.78 is 53.1. The summed E-state index contributed by atoms with van der Waals surface area (Å²) in [5.41, 5.74) is 7.23. The Morgan fingerprint density at radius 2 is 1.87 bits per heavy atom. The predicted octanol–water partition coefficient (Wildman–Crippen LogP) is 5.53. The van der Waals surface area contributed by atoms with Crippen LogP contribution in [0.4, 0.5) is 34.6 Å². The highest BCUT2D eigenvalue weighted by atomic mass is 35.5. The van der Waals surface area contributed by atoms with E-state index in [1.54, 1.807) is 24.4 Å². The molecule has 45 heavy (non-hydrogen) atoms. The van der Waals surface area contributed by atoms with Crippen LogP contribution in [0.2, 0.25) is 5.02 Å². The molecule has 2 bridgehead atoms. The summed E-state index contributed by atoms with van der Waals surface area (Å²) in [7, 11) is 0. The normalized spacial score (nSPS) is 17.5. The molecule has 2 aromatic carbocycles. The fraction of sp³-hybridized carbons (Fsp3) is 0.267. The number of carbonyl (C=O) groups is 3. The van der Waals surface area contributed by atoms with Gasteiger partial charge in [0.15, 0.2) is 5.82 Å². The molecule has 2 atom stereocenters. The van der Waals surface area contributed by atoms with Crippen LogP contribution in [0.3, 0.4) is 0 Å². The Morgan fingerprint density at radius 3 is 2.58 bits per heavy atom. The van der Waals surface area contributed by atoms with Gasteiger partial charge in [0.25, 0.3) is 5.91 Å². The third kappa shape index (κ3) is 7.70. The molecule has 15 heteroatoms. The Labute approximate surface area is 260 Å². The lowest BCUT2D eigenvalue weighted by molar-refractivity contribution is -0.167. The van der Waals surface area contributed by atoms with E-state index >= 15 is 0 Å². The van der Waals surface area contributed by atoms with Gasteiger partial charge in [-0.2, -0.15) is 13.2 Å². The monoisotopic (exact) mass is 647 g/mol. The Bertz CT molecular complexity index is 1660. The van der Waals surface area contributed by atoms with Gasteiger partial charge in [-0.3, -0.25) is 24.4 Å². The van der Waals surface area contributed by atoms with Crippen LogP contribution < -0.4 is 32.5 Å². The Kier molecular flexibility index (Phi) is 9.98. The lowest BCUT2D eigenvalue weighted by Crippen LogP contribution is -2.38. The molecule has 7 N–H and O–H groups in total.